The molecule has 0 saturated heterocycles. The zero-order chi connectivity index (χ0) is 13.5. The van der Waals surface area contributed by atoms with Crippen molar-refractivity contribution in [1.29, 1.82) is 5.26 Å². The molecule has 1 heterocycles. The quantitative estimate of drug-likeness (QED) is 0.867. The molecule has 1 amide bonds. The summed E-state index contributed by atoms with van der Waals surface area (Å²) in [6.07, 6.45) is 3.25. The molecule has 1 aromatic carbocycles. The predicted molar refractivity (Wildman–Crippen MR) is 74.7 cm³/mol. The van der Waals surface area contributed by atoms with Gasteiger partial charge < -0.3 is 5.32 Å². The van der Waals surface area contributed by atoms with Crippen LogP contribution in [0.4, 0.5) is 5.69 Å². The SMILES string of the molecule is N#Cc1cccc(SCC(=O)Nc2ccncc2)c1. The lowest BCUT2D eigenvalue weighted by Gasteiger charge is -2.04. The Morgan fingerprint density at radius 2 is 2.11 bits per heavy atom. The maximum atomic E-state index is 11.7. The number of rotatable bonds is 4. The van der Waals surface area contributed by atoms with E-state index in [0.29, 0.717) is 11.3 Å². The molecule has 0 aliphatic heterocycles. The molecule has 1 N–H and O–H groups in total. The molecule has 0 bridgehead atoms. The summed E-state index contributed by atoms with van der Waals surface area (Å²) in [5.41, 5.74) is 1.32. The van der Waals surface area contributed by atoms with E-state index in [-0.39, 0.29) is 5.91 Å². The van der Waals surface area contributed by atoms with Crippen molar-refractivity contribution in [3.05, 3.63) is 54.4 Å². The second-order valence-corrected chi connectivity index (χ2v) is 4.76. The number of nitrogens with zero attached hydrogens (tertiary/aromatic N) is 2. The highest BCUT2D eigenvalue weighted by Gasteiger charge is 2.04. The maximum absolute atomic E-state index is 11.7. The van der Waals surface area contributed by atoms with E-state index in [1.807, 2.05) is 12.1 Å². The second-order valence-electron chi connectivity index (χ2n) is 3.71. The molecule has 0 aliphatic carbocycles. The summed E-state index contributed by atoms with van der Waals surface area (Å²) in [7, 11) is 0. The lowest BCUT2D eigenvalue weighted by Crippen LogP contribution is -2.13. The number of hydrogen-bond acceptors (Lipinski definition) is 4. The number of amides is 1. The van der Waals surface area contributed by atoms with Crippen molar-refractivity contribution < 1.29 is 4.79 Å². The molecule has 5 heteroatoms. The Labute approximate surface area is 115 Å². The highest BCUT2D eigenvalue weighted by Crippen LogP contribution is 2.19. The Hall–Kier alpha value is -2.32. The van der Waals surface area contributed by atoms with Crippen molar-refractivity contribution >= 4 is 23.4 Å². The van der Waals surface area contributed by atoms with Gasteiger partial charge in [0, 0.05) is 23.0 Å². The van der Waals surface area contributed by atoms with Gasteiger partial charge in [-0.25, -0.2) is 0 Å². The maximum Gasteiger partial charge on any atom is 0.234 e. The van der Waals surface area contributed by atoms with E-state index in [1.165, 1.54) is 11.8 Å². The third-order valence-electron chi connectivity index (χ3n) is 2.30. The van der Waals surface area contributed by atoms with E-state index in [2.05, 4.69) is 16.4 Å². The predicted octanol–water partition coefficient (Wildman–Crippen LogP) is 2.68. The first-order valence-corrected chi connectivity index (χ1v) is 6.59. The van der Waals surface area contributed by atoms with Crippen LogP contribution in [0.2, 0.25) is 0 Å². The number of benzene rings is 1. The first-order valence-electron chi connectivity index (χ1n) is 5.61. The summed E-state index contributed by atoms with van der Waals surface area (Å²) in [6, 6.07) is 12.7. The van der Waals surface area contributed by atoms with Gasteiger partial charge in [-0.1, -0.05) is 6.07 Å². The normalized spacial score (nSPS) is 9.63. The van der Waals surface area contributed by atoms with Crippen LogP contribution in [0.15, 0.2) is 53.7 Å². The van der Waals surface area contributed by atoms with Crippen molar-refractivity contribution in [2.75, 3.05) is 11.1 Å². The summed E-state index contributed by atoms with van der Waals surface area (Å²) < 4.78 is 0. The van der Waals surface area contributed by atoms with Crippen LogP contribution in [-0.4, -0.2) is 16.6 Å². The zero-order valence-electron chi connectivity index (χ0n) is 10.0. The number of anilines is 1. The van der Waals surface area contributed by atoms with Gasteiger partial charge >= 0.3 is 0 Å². The van der Waals surface area contributed by atoms with Crippen LogP contribution in [-0.2, 0) is 4.79 Å². The summed E-state index contributed by atoms with van der Waals surface area (Å²) in [4.78, 5) is 16.5. The van der Waals surface area contributed by atoms with Crippen molar-refractivity contribution in [3.8, 4) is 6.07 Å². The van der Waals surface area contributed by atoms with E-state index in [0.717, 1.165) is 10.6 Å². The molecule has 0 saturated carbocycles. The van der Waals surface area contributed by atoms with E-state index < -0.39 is 0 Å². The Kier molecular flexibility index (Phi) is 4.54. The summed E-state index contributed by atoms with van der Waals surface area (Å²) >= 11 is 1.40. The van der Waals surface area contributed by atoms with Crippen LogP contribution in [0.25, 0.3) is 0 Å². The molecule has 94 valence electrons. The fourth-order valence-corrected chi connectivity index (χ4v) is 2.19. The van der Waals surface area contributed by atoms with Gasteiger partial charge in [-0.05, 0) is 30.3 Å². The number of carbonyl (C=O) groups excluding carboxylic acids is 1. The molecule has 0 spiro atoms. The molecule has 0 unspecified atom stereocenters. The Morgan fingerprint density at radius 3 is 2.84 bits per heavy atom. The topological polar surface area (TPSA) is 65.8 Å². The minimum Gasteiger partial charge on any atom is -0.325 e. The van der Waals surface area contributed by atoms with Crippen LogP contribution in [0.3, 0.4) is 0 Å². The minimum atomic E-state index is -0.0847. The molecule has 2 aromatic rings. The van der Waals surface area contributed by atoms with Gasteiger partial charge in [0.05, 0.1) is 17.4 Å². The molecule has 19 heavy (non-hydrogen) atoms. The van der Waals surface area contributed by atoms with E-state index in [9.17, 15) is 4.79 Å². The van der Waals surface area contributed by atoms with Gasteiger partial charge in [-0.2, -0.15) is 5.26 Å². The summed E-state index contributed by atoms with van der Waals surface area (Å²) in [5, 5.41) is 11.6. The molecular weight excluding hydrogens is 258 g/mol. The fraction of sp³-hybridized carbons (Fsp3) is 0.0714. The van der Waals surface area contributed by atoms with Crippen LogP contribution in [0.1, 0.15) is 5.56 Å². The fourth-order valence-electron chi connectivity index (χ4n) is 1.44. The summed E-state index contributed by atoms with van der Waals surface area (Å²) in [5.74, 6) is 0.218. The zero-order valence-corrected chi connectivity index (χ0v) is 10.9. The van der Waals surface area contributed by atoms with Gasteiger partial charge in [0.25, 0.3) is 0 Å². The first kappa shape index (κ1) is 13.1. The lowest BCUT2D eigenvalue weighted by atomic mass is 10.2. The molecule has 1 aromatic heterocycles. The highest BCUT2D eigenvalue weighted by molar-refractivity contribution is 8.00. The van der Waals surface area contributed by atoms with Crippen molar-refractivity contribution in [2.45, 2.75) is 4.90 Å². The molecule has 0 radical (unpaired) electrons. The van der Waals surface area contributed by atoms with Crippen molar-refractivity contribution in [1.82, 2.24) is 4.98 Å². The summed E-state index contributed by atoms with van der Waals surface area (Å²) in [6.45, 7) is 0. The number of thioether (sulfide) groups is 1. The van der Waals surface area contributed by atoms with E-state index in [1.54, 1.807) is 36.7 Å². The average molecular weight is 269 g/mol. The van der Waals surface area contributed by atoms with Gasteiger partial charge in [0.15, 0.2) is 0 Å². The average Bonchev–Trinajstić information content (AvgIpc) is 2.46. The number of hydrogen-bond donors (Lipinski definition) is 1. The number of pyridine rings is 1. The van der Waals surface area contributed by atoms with Gasteiger partial charge in [-0.3, -0.25) is 9.78 Å². The number of aromatic nitrogens is 1. The first-order chi connectivity index (χ1) is 9.28. The third kappa shape index (κ3) is 4.12. The molecule has 0 aliphatic rings. The lowest BCUT2D eigenvalue weighted by molar-refractivity contribution is -0.113. The molecule has 0 fully saturated rings. The van der Waals surface area contributed by atoms with Crippen LogP contribution in [0, 0.1) is 11.3 Å². The molecular formula is C14H11N3OS. The number of carbonyl (C=O) groups is 1. The minimum absolute atomic E-state index is 0.0847. The Morgan fingerprint density at radius 1 is 1.32 bits per heavy atom. The second kappa shape index (κ2) is 6.57. The monoisotopic (exact) mass is 269 g/mol. The van der Waals surface area contributed by atoms with E-state index in [4.69, 9.17) is 5.26 Å². The smallest absolute Gasteiger partial charge is 0.234 e. The highest BCUT2D eigenvalue weighted by atomic mass is 32.2. The third-order valence-corrected chi connectivity index (χ3v) is 3.29. The molecule has 4 nitrogen and oxygen atoms in total. The Balaban J connectivity index is 1.88. The molecule has 2 rings (SSSR count). The van der Waals surface area contributed by atoms with Gasteiger partial charge in [0.2, 0.25) is 5.91 Å². The van der Waals surface area contributed by atoms with Crippen LogP contribution in [0.5, 0.6) is 0 Å². The van der Waals surface area contributed by atoms with Crippen LogP contribution >= 0.6 is 11.8 Å². The Bertz CT molecular complexity index is 608. The van der Waals surface area contributed by atoms with Crippen molar-refractivity contribution in [3.63, 3.8) is 0 Å². The van der Waals surface area contributed by atoms with Crippen molar-refractivity contribution in [2.24, 2.45) is 0 Å². The van der Waals surface area contributed by atoms with Gasteiger partial charge in [0.1, 0.15) is 0 Å². The number of nitrogens with one attached hydrogen (secondary N) is 1. The van der Waals surface area contributed by atoms with Crippen LogP contribution < -0.4 is 5.32 Å². The largest absolute Gasteiger partial charge is 0.325 e. The van der Waals surface area contributed by atoms with Gasteiger partial charge in [-0.15, -0.1) is 11.8 Å². The molecule has 0 atom stereocenters. The van der Waals surface area contributed by atoms with E-state index >= 15 is 0 Å². The standard InChI is InChI=1S/C14H11N3OS/c15-9-11-2-1-3-13(8-11)19-10-14(18)17-12-4-6-16-7-5-12/h1-8H,10H2,(H,16,17,18). The number of nitriles is 1.